The van der Waals surface area contributed by atoms with Gasteiger partial charge in [-0.1, -0.05) is 11.6 Å². The molecule has 0 bridgehead atoms. The first-order valence-electron chi connectivity index (χ1n) is 8.01. The Morgan fingerprint density at radius 3 is 2.95 bits per heavy atom. The number of fused-ring (bicyclic) bond motifs is 1. The van der Waals surface area contributed by atoms with Gasteiger partial charge in [-0.3, -0.25) is 4.79 Å². The second-order valence-corrected chi connectivity index (χ2v) is 6.00. The molecule has 1 aromatic heterocycles. The van der Waals surface area contributed by atoms with Crippen LogP contribution < -0.4 is 10.2 Å². The van der Waals surface area contributed by atoms with Crippen LogP contribution in [0.2, 0.25) is 0 Å². The lowest BCUT2D eigenvalue weighted by molar-refractivity contribution is -0.908. The van der Waals surface area contributed by atoms with Gasteiger partial charge in [0, 0.05) is 23.9 Å². The van der Waals surface area contributed by atoms with Gasteiger partial charge in [-0.15, -0.1) is 0 Å². The van der Waals surface area contributed by atoms with E-state index in [2.05, 4.69) is 23.3 Å². The number of benzene rings is 1. The van der Waals surface area contributed by atoms with Gasteiger partial charge in [0.1, 0.15) is 18.8 Å². The van der Waals surface area contributed by atoms with Crippen molar-refractivity contribution in [3.8, 4) is 0 Å². The highest BCUT2D eigenvalue weighted by Gasteiger charge is 2.13. The largest absolute Gasteiger partial charge is 0.370 e. The van der Waals surface area contributed by atoms with Crippen LogP contribution in [0.5, 0.6) is 0 Å². The first-order valence-corrected chi connectivity index (χ1v) is 8.01. The van der Waals surface area contributed by atoms with Crippen molar-refractivity contribution in [2.24, 2.45) is 0 Å². The van der Waals surface area contributed by atoms with Gasteiger partial charge in [-0.2, -0.15) is 0 Å². The summed E-state index contributed by atoms with van der Waals surface area (Å²) in [6.45, 7) is 7.74. The van der Waals surface area contributed by atoms with E-state index in [9.17, 15) is 4.79 Å². The number of nitrogens with one attached hydrogen (secondary N) is 3. The van der Waals surface area contributed by atoms with Gasteiger partial charge in [0.15, 0.2) is 0 Å². The van der Waals surface area contributed by atoms with E-state index in [1.54, 1.807) is 4.90 Å². The molecular formula is C17H24N3O2+. The molecule has 0 saturated carbocycles. The van der Waals surface area contributed by atoms with Crippen molar-refractivity contribution in [2.45, 2.75) is 13.3 Å². The summed E-state index contributed by atoms with van der Waals surface area (Å²) < 4.78 is 5.34. The Balaban J connectivity index is 1.48. The molecule has 3 N–H and O–H groups in total. The van der Waals surface area contributed by atoms with Crippen LogP contribution >= 0.6 is 0 Å². The van der Waals surface area contributed by atoms with E-state index in [0.717, 1.165) is 56.7 Å². The highest BCUT2D eigenvalue weighted by Crippen LogP contribution is 2.16. The van der Waals surface area contributed by atoms with E-state index in [1.165, 1.54) is 5.56 Å². The van der Waals surface area contributed by atoms with Crippen LogP contribution in [0, 0.1) is 6.92 Å². The van der Waals surface area contributed by atoms with Crippen LogP contribution in [0.3, 0.4) is 0 Å². The van der Waals surface area contributed by atoms with E-state index in [4.69, 9.17) is 4.74 Å². The van der Waals surface area contributed by atoms with Crippen LogP contribution in [0.4, 0.5) is 0 Å². The second-order valence-electron chi connectivity index (χ2n) is 6.00. The van der Waals surface area contributed by atoms with Gasteiger partial charge >= 0.3 is 0 Å². The minimum atomic E-state index is -0.0224. The fraction of sp³-hybridized carbons (Fsp3) is 0.471. The molecule has 0 spiro atoms. The smallest absolute Gasteiger partial charge is 0.267 e. The molecular weight excluding hydrogens is 278 g/mol. The number of ether oxygens (including phenoxy) is 1. The predicted molar refractivity (Wildman–Crippen MR) is 86.4 cm³/mol. The zero-order chi connectivity index (χ0) is 15.4. The molecule has 0 unspecified atom stereocenters. The Morgan fingerprint density at radius 1 is 1.32 bits per heavy atom. The third-order valence-electron chi connectivity index (χ3n) is 4.21. The molecule has 2 aromatic rings. The summed E-state index contributed by atoms with van der Waals surface area (Å²) in [5, 5.41) is 4.09. The molecule has 5 nitrogen and oxygen atoms in total. The number of hydrogen-bond donors (Lipinski definition) is 3. The summed E-state index contributed by atoms with van der Waals surface area (Å²) in [6.07, 6.45) is 1.00. The zero-order valence-electron chi connectivity index (χ0n) is 13.1. The first kappa shape index (κ1) is 15.1. The molecule has 1 fully saturated rings. The molecule has 1 amide bonds. The van der Waals surface area contributed by atoms with Gasteiger partial charge in [-0.05, 0) is 25.1 Å². The van der Waals surface area contributed by atoms with Crippen LogP contribution in [-0.4, -0.2) is 50.3 Å². The minimum Gasteiger partial charge on any atom is -0.370 e. The molecule has 5 heteroatoms. The molecule has 2 heterocycles. The molecule has 1 aromatic carbocycles. The molecule has 1 saturated heterocycles. The number of morpholine rings is 1. The SMILES string of the molecule is Cc1ccc2[nH]c(C(=O)NCCC[NH+]3CCOCC3)cc2c1. The molecule has 1 aliphatic rings. The lowest BCUT2D eigenvalue weighted by Gasteiger charge is -2.23. The van der Waals surface area contributed by atoms with Crippen molar-refractivity contribution in [1.29, 1.82) is 0 Å². The van der Waals surface area contributed by atoms with E-state index in [0.29, 0.717) is 5.69 Å². The Hall–Kier alpha value is -1.85. The maximum atomic E-state index is 12.2. The maximum absolute atomic E-state index is 12.2. The molecule has 118 valence electrons. The van der Waals surface area contributed by atoms with Crippen LogP contribution in [0.25, 0.3) is 10.9 Å². The van der Waals surface area contributed by atoms with Crippen molar-refractivity contribution in [3.05, 3.63) is 35.5 Å². The fourth-order valence-corrected chi connectivity index (χ4v) is 2.92. The van der Waals surface area contributed by atoms with Crippen molar-refractivity contribution >= 4 is 16.8 Å². The van der Waals surface area contributed by atoms with Crippen molar-refractivity contribution in [3.63, 3.8) is 0 Å². The highest BCUT2D eigenvalue weighted by atomic mass is 16.5. The van der Waals surface area contributed by atoms with Crippen molar-refractivity contribution in [2.75, 3.05) is 39.4 Å². The predicted octanol–water partition coefficient (Wildman–Crippen LogP) is 0.511. The van der Waals surface area contributed by atoms with E-state index in [1.807, 2.05) is 18.2 Å². The van der Waals surface area contributed by atoms with E-state index < -0.39 is 0 Å². The number of quaternary nitrogens is 1. The summed E-state index contributed by atoms with van der Waals surface area (Å²) >= 11 is 0. The number of H-pyrrole nitrogens is 1. The Bertz CT molecular complexity index is 644. The quantitative estimate of drug-likeness (QED) is 0.705. The molecule has 1 aliphatic heterocycles. The molecule has 0 aliphatic carbocycles. The zero-order valence-corrected chi connectivity index (χ0v) is 13.1. The molecule has 0 radical (unpaired) electrons. The number of aryl methyl sites for hydroxylation is 1. The monoisotopic (exact) mass is 302 g/mol. The minimum absolute atomic E-state index is 0.0224. The fourth-order valence-electron chi connectivity index (χ4n) is 2.92. The molecule has 3 rings (SSSR count). The van der Waals surface area contributed by atoms with Crippen molar-refractivity contribution in [1.82, 2.24) is 10.3 Å². The number of aromatic amines is 1. The van der Waals surface area contributed by atoms with Crippen LogP contribution in [0.15, 0.2) is 24.3 Å². The van der Waals surface area contributed by atoms with E-state index in [-0.39, 0.29) is 5.91 Å². The lowest BCUT2D eigenvalue weighted by Crippen LogP contribution is -3.14. The Morgan fingerprint density at radius 2 is 2.14 bits per heavy atom. The summed E-state index contributed by atoms with van der Waals surface area (Å²) in [5.74, 6) is -0.0224. The molecule has 22 heavy (non-hydrogen) atoms. The van der Waals surface area contributed by atoms with Gasteiger partial charge in [0.2, 0.25) is 0 Å². The third kappa shape index (κ3) is 3.67. The van der Waals surface area contributed by atoms with Crippen LogP contribution in [-0.2, 0) is 4.74 Å². The highest BCUT2D eigenvalue weighted by molar-refractivity contribution is 5.98. The average Bonchev–Trinajstić information content (AvgIpc) is 2.95. The summed E-state index contributed by atoms with van der Waals surface area (Å²) in [4.78, 5) is 16.9. The number of carbonyl (C=O) groups excluding carboxylic acids is 1. The Kier molecular flexibility index (Phi) is 4.75. The van der Waals surface area contributed by atoms with Gasteiger partial charge in [-0.25, -0.2) is 0 Å². The van der Waals surface area contributed by atoms with E-state index >= 15 is 0 Å². The van der Waals surface area contributed by atoms with Gasteiger partial charge in [0.25, 0.3) is 5.91 Å². The Labute approximate surface area is 130 Å². The number of hydrogen-bond acceptors (Lipinski definition) is 2. The molecule has 0 atom stereocenters. The lowest BCUT2D eigenvalue weighted by atomic mass is 10.2. The number of carbonyl (C=O) groups is 1. The number of rotatable bonds is 5. The van der Waals surface area contributed by atoms with Gasteiger partial charge in [0.05, 0.1) is 19.8 Å². The maximum Gasteiger partial charge on any atom is 0.267 e. The van der Waals surface area contributed by atoms with Crippen LogP contribution in [0.1, 0.15) is 22.5 Å². The number of amides is 1. The second kappa shape index (κ2) is 6.94. The average molecular weight is 302 g/mol. The summed E-state index contributed by atoms with van der Waals surface area (Å²) in [7, 11) is 0. The normalized spacial score (nSPS) is 16.0. The standard InChI is InChI=1S/C17H23N3O2/c1-13-3-4-15-14(11-13)12-16(19-15)17(21)18-5-2-6-20-7-9-22-10-8-20/h3-4,11-12,19H,2,5-10H2,1H3,(H,18,21)/p+1. The first-order chi connectivity index (χ1) is 10.7. The van der Waals surface area contributed by atoms with Gasteiger partial charge < -0.3 is 19.9 Å². The third-order valence-corrected chi connectivity index (χ3v) is 4.21. The number of aromatic nitrogens is 1. The summed E-state index contributed by atoms with van der Waals surface area (Å²) in [5.41, 5.74) is 2.85. The summed E-state index contributed by atoms with van der Waals surface area (Å²) in [6, 6.07) is 8.07. The van der Waals surface area contributed by atoms with Crippen molar-refractivity contribution < 1.29 is 14.4 Å². The topological polar surface area (TPSA) is 58.6 Å².